The molecule has 0 spiro atoms. The van der Waals surface area contributed by atoms with Gasteiger partial charge in [0.2, 0.25) is 0 Å². The first-order valence-electron chi connectivity index (χ1n) is 4.41. The van der Waals surface area contributed by atoms with E-state index in [0.29, 0.717) is 17.2 Å². The highest BCUT2D eigenvalue weighted by atomic mass is 35.7. The number of hydrogen-bond acceptors (Lipinski definition) is 4. The number of H-pyrrole nitrogens is 1. The molecule has 0 atom stereocenters. The molecule has 0 aliphatic carbocycles. The highest BCUT2D eigenvalue weighted by Gasteiger charge is 2.18. The Hall–Kier alpha value is -1.40. The Kier molecular flexibility index (Phi) is 2.69. The topological polar surface area (TPSA) is 75.7 Å². The third-order valence-corrected chi connectivity index (χ3v) is 3.37. The maximum Gasteiger partial charge on any atom is 0.262 e. The fourth-order valence-corrected chi connectivity index (χ4v) is 2.39. The van der Waals surface area contributed by atoms with Crippen molar-refractivity contribution in [1.82, 2.24) is 15.2 Å². The third kappa shape index (κ3) is 2.07. The van der Waals surface area contributed by atoms with Gasteiger partial charge < -0.3 is 0 Å². The zero-order valence-electron chi connectivity index (χ0n) is 8.31. The smallest absolute Gasteiger partial charge is 0.262 e. The molecule has 0 aliphatic rings. The number of halogens is 1. The van der Waals surface area contributed by atoms with Gasteiger partial charge in [-0.3, -0.25) is 5.10 Å². The number of nitrogens with one attached hydrogen (secondary N) is 1. The van der Waals surface area contributed by atoms with Crippen LogP contribution in [0.4, 0.5) is 0 Å². The van der Waals surface area contributed by atoms with E-state index in [4.69, 9.17) is 10.7 Å². The van der Waals surface area contributed by atoms with Gasteiger partial charge in [0.1, 0.15) is 5.82 Å². The Balaban J connectivity index is 2.66. The van der Waals surface area contributed by atoms with Crippen molar-refractivity contribution in [3.8, 4) is 11.4 Å². The first kappa shape index (κ1) is 11.1. The Morgan fingerprint density at radius 1 is 1.31 bits per heavy atom. The van der Waals surface area contributed by atoms with Crippen molar-refractivity contribution in [2.24, 2.45) is 0 Å². The van der Waals surface area contributed by atoms with Gasteiger partial charge in [0.05, 0.1) is 4.90 Å². The molecule has 5 nitrogen and oxygen atoms in total. The van der Waals surface area contributed by atoms with Crippen LogP contribution in [0.1, 0.15) is 5.82 Å². The summed E-state index contributed by atoms with van der Waals surface area (Å²) in [6.45, 7) is 1.73. The second kappa shape index (κ2) is 3.88. The van der Waals surface area contributed by atoms with Gasteiger partial charge >= 0.3 is 0 Å². The van der Waals surface area contributed by atoms with Crippen molar-refractivity contribution < 1.29 is 8.42 Å². The molecule has 1 heterocycles. The van der Waals surface area contributed by atoms with E-state index >= 15 is 0 Å². The SMILES string of the molecule is Cc1nc(-c2ccccc2S(=O)(=O)Cl)n[nH]1. The Bertz CT molecular complexity index is 621. The lowest BCUT2D eigenvalue weighted by atomic mass is 10.2. The van der Waals surface area contributed by atoms with Crippen molar-refractivity contribution in [3.05, 3.63) is 30.1 Å². The van der Waals surface area contributed by atoms with E-state index in [-0.39, 0.29) is 4.90 Å². The van der Waals surface area contributed by atoms with Gasteiger partial charge in [-0.25, -0.2) is 13.4 Å². The number of nitrogens with zero attached hydrogens (tertiary/aromatic N) is 2. The van der Waals surface area contributed by atoms with E-state index in [1.54, 1.807) is 25.1 Å². The number of rotatable bonds is 2. The van der Waals surface area contributed by atoms with Gasteiger partial charge in [0.15, 0.2) is 5.82 Å². The molecule has 0 radical (unpaired) electrons. The van der Waals surface area contributed by atoms with Gasteiger partial charge in [-0.1, -0.05) is 12.1 Å². The largest absolute Gasteiger partial charge is 0.263 e. The lowest BCUT2D eigenvalue weighted by Crippen LogP contribution is -1.95. The summed E-state index contributed by atoms with van der Waals surface area (Å²) >= 11 is 0. The molecule has 7 heteroatoms. The summed E-state index contributed by atoms with van der Waals surface area (Å²) < 4.78 is 22.7. The molecule has 0 amide bonds. The van der Waals surface area contributed by atoms with E-state index in [0.717, 1.165) is 0 Å². The Morgan fingerprint density at radius 2 is 2.00 bits per heavy atom. The van der Waals surface area contributed by atoms with Crippen molar-refractivity contribution in [3.63, 3.8) is 0 Å². The number of benzene rings is 1. The van der Waals surface area contributed by atoms with E-state index in [1.165, 1.54) is 6.07 Å². The van der Waals surface area contributed by atoms with E-state index in [9.17, 15) is 8.42 Å². The normalized spacial score (nSPS) is 11.6. The summed E-state index contributed by atoms with van der Waals surface area (Å²) in [5.74, 6) is 0.925. The summed E-state index contributed by atoms with van der Waals surface area (Å²) in [6, 6.07) is 6.33. The monoisotopic (exact) mass is 257 g/mol. The van der Waals surface area contributed by atoms with Crippen LogP contribution in [0.2, 0.25) is 0 Å². The van der Waals surface area contributed by atoms with Crippen LogP contribution in [-0.4, -0.2) is 23.6 Å². The minimum Gasteiger partial charge on any atom is -0.263 e. The van der Waals surface area contributed by atoms with Crippen LogP contribution in [0.25, 0.3) is 11.4 Å². The number of aromatic amines is 1. The molecular formula is C9H8ClN3O2S. The van der Waals surface area contributed by atoms with Crippen LogP contribution in [0.15, 0.2) is 29.2 Å². The standard InChI is InChI=1S/C9H8ClN3O2S/c1-6-11-9(13-12-6)7-4-2-3-5-8(7)16(10,14)15/h2-5H,1H3,(H,11,12,13). The molecule has 0 fully saturated rings. The van der Waals surface area contributed by atoms with E-state index < -0.39 is 9.05 Å². The van der Waals surface area contributed by atoms with Gasteiger partial charge in [-0.2, -0.15) is 5.10 Å². The van der Waals surface area contributed by atoms with Crippen molar-refractivity contribution in [2.45, 2.75) is 11.8 Å². The second-order valence-electron chi connectivity index (χ2n) is 3.18. The molecular weight excluding hydrogens is 250 g/mol. The third-order valence-electron chi connectivity index (χ3n) is 1.99. The molecule has 2 rings (SSSR count). The molecule has 1 aromatic carbocycles. The lowest BCUT2D eigenvalue weighted by Gasteiger charge is -2.01. The Morgan fingerprint density at radius 3 is 2.56 bits per heavy atom. The summed E-state index contributed by atoms with van der Waals surface area (Å²) in [5.41, 5.74) is 0.391. The molecule has 0 unspecified atom stereocenters. The highest BCUT2D eigenvalue weighted by Crippen LogP contribution is 2.26. The molecule has 0 aliphatic heterocycles. The average molecular weight is 258 g/mol. The predicted octanol–water partition coefficient (Wildman–Crippen LogP) is 1.71. The van der Waals surface area contributed by atoms with Gasteiger partial charge in [0, 0.05) is 16.2 Å². The summed E-state index contributed by atoms with van der Waals surface area (Å²) in [6.07, 6.45) is 0. The molecule has 1 N–H and O–H groups in total. The summed E-state index contributed by atoms with van der Waals surface area (Å²) in [4.78, 5) is 4.08. The second-order valence-corrected chi connectivity index (χ2v) is 5.71. The lowest BCUT2D eigenvalue weighted by molar-refractivity contribution is 0.610. The molecule has 0 bridgehead atoms. The van der Waals surface area contributed by atoms with Crippen LogP contribution in [-0.2, 0) is 9.05 Å². The highest BCUT2D eigenvalue weighted by molar-refractivity contribution is 8.13. The molecule has 0 saturated carbocycles. The predicted molar refractivity (Wildman–Crippen MR) is 59.6 cm³/mol. The maximum absolute atomic E-state index is 11.3. The minimum atomic E-state index is -3.79. The molecule has 0 saturated heterocycles. The van der Waals surface area contributed by atoms with E-state index in [2.05, 4.69) is 15.2 Å². The minimum absolute atomic E-state index is 0.00988. The zero-order valence-corrected chi connectivity index (χ0v) is 9.88. The number of aryl methyl sites for hydroxylation is 1. The molecule has 2 aromatic rings. The Labute approximate surface area is 96.9 Å². The van der Waals surface area contributed by atoms with Crippen molar-refractivity contribution in [2.75, 3.05) is 0 Å². The average Bonchev–Trinajstić information content (AvgIpc) is 2.64. The summed E-state index contributed by atoms with van der Waals surface area (Å²) in [5, 5.41) is 6.55. The van der Waals surface area contributed by atoms with Gasteiger partial charge in [0.25, 0.3) is 9.05 Å². The molecule has 1 aromatic heterocycles. The zero-order chi connectivity index (χ0) is 11.8. The molecule has 84 valence electrons. The van der Waals surface area contributed by atoms with Crippen LogP contribution in [0.3, 0.4) is 0 Å². The fraction of sp³-hybridized carbons (Fsp3) is 0.111. The maximum atomic E-state index is 11.3. The van der Waals surface area contributed by atoms with Crippen LogP contribution in [0, 0.1) is 6.92 Å². The van der Waals surface area contributed by atoms with Crippen LogP contribution < -0.4 is 0 Å². The molecule has 16 heavy (non-hydrogen) atoms. The number of hydrogen-bond donors (Lipinski definition) is 1. The van der Waals surface area contributed by atoms with E-state index in [1.807, 2.05) is 0 Å². The van der Waals surface area contributed by atoms with Crippen LogP contribution in [0.5, 0.6) is 0 Å². The quantitative estimate of drug-likeness (QED) is 0.831. The van der Waals surface area contributed by atoms with Crippen molar-refractivity contribution >= 4 is 19.7 Å². The van der Waals surface area contributed by atoms with Crippen LogP contribution >= 0.6 is 10.7 Å². The van der Waals surface area contributed by atoms with Crippen molar-refractivity contribution in [1.29, 1.82) is 0 Å². The number of aromatic nitrogens is 3. The fourth-order valence-electron chi connectivity index (χ4n) is 1.33. The van der Waals surface area contributed by atoms with Gasteiger partial charge in [-0.05, 0) is 19.1 Å². The first-order chi connectivity index (χ1) is 7.48. The van der Waals surface area contributed by atoms with Gasteiger partial charge in [-0.15, -0.1) is 0 Å². The summed E-state index contributed by atoms with van der Waals surface area (Å²) in [7, 11) is 1.53. The first-order valence-corrected chi connectivity index (χ1v) is 6.72.